The van der Waals surface area contributed by atoms with Gasteiger partial charge in [-0.25, -0.2) is 0 Å². The second kappa shape index (κ2) is 7.04. The molecule has 1 aliphatic carbocycles. The molecule has 6 heteroatoms. The summed E-state index contributed by atoms with van der Waals surface area (Å²) in [6.07, 6.45) is 6.98. The van der Waals surface area contributed by atoms with Gasteiger partial charge in [-0.1, -0.05) is 18.9 Å². The molecule has 1 aromatic rings. The standard InChI is InChI=1S/C14H19FN2O2S/c1-20-14-5-3-2-4-12(14)16-9-10-6-7-13(17(18)19)11(15)8-10/h6-8,12,14,16H,2-5,9H2,1H3. The molecule has 0 amide bonds. The fourth-order valence-electron chi connectivity index (χ4n) is 2.67. The van der Waals surface area contributed by atoms with Crippen LogP contribution in [0.1, 0.15) is 31.2 Å². The Balaban J connectivity index is 1.96. The predicted octanol–water partition coefficient (Wildman–Crippen LogP) is 3.50. The van der Waals surface area contributed by atoms with Crippen LogP contribution in [-0.4, -0.2) is 22.5 Å². The Morgan fingerprint density at radius 2 is 2.20 bits per heavy atom. The zero-order valence-corrected chi connectivity index (χ0v) is 12.3. The summed E-state index contributed by atoms with van der Waals surface area (Å²) in [5.41, 5.74) is 0.284. The smallest absolute Gasteiger partial charge is 0.304 e. The first-order chi connectivity index (χ1) is 9.61. The first-order valence-corrected chi connectivity index (χ1v) is 8.09. The number of thioether (sulfide) groups is 1. The minimum absolute atomic E-state index is 0.442. The van der Waals surface area contributed by atoms with E-state index in [-0.39, 0.29) is 0 Å². The number of nitro benzene ring substituents is 1. The van der Waals surface area contributed by atoms with Gasteiger partial charge in [0.15, 0.2) is 0 Å². The molecule has 1 N–H and O–H groups in total. The lowest BCUT2D eigenvalue weighted by atomic mass is 9.94. The lowest BCUT2D eigenvalue weighted by Crippen LogP contribution is -2.39. The van der Waals surface area contributed by atoms with Crippen LogP contribution in [0.15, 0.2) is 18.2 Å². The van der Waals surface area contributed by atoms with Crippen LogP contribution in [0.2, 0.25) is 0 Å². The fraction of sp³-hybridized carbons (Fsp3) is 0.571. The normalized spacial score (nSPS) is 22.7. The molecular weight excluding hydrogens is 279 g/mol. The van der Waals surface area contributed by atoms with Crippen LogP contribution in [0, 0.1) is 15.9 Å². The summed E-state index contributed by atoms with van der Waals surface area (Å²) in [5, 5.41) is 14.6. The Labute approximate surface area is 122 Å². The second-order valence-corrected chi connectivity index (χ2v) is 6.17. The van der Waals surface area contributed by atoms with Gasteiger partial charge in [-0.2, -0.15) is 16.2 Å². The van der Waals surface area contributed by atoms with E-state index in [0.717, 1.165) is 12.0 Å². The maximum Gasteiger partial charge on any atom is 0.304 e. The van der Waals surface area contributed by atoms with Crippen LogP contribution < -0.4 is 5.32 Å². The van der Waals surface area contributed by atoms with Crippen molar-refractivity contribution < 1.29 is 9.31 Å². The summed E-state index contributed by atoms with van der Waals surface area (Å²) in [5.74, 6) is -0.764. The third-order valence-electron chi connectivity index (χ3n) is 3.78. The largest absolute Gasteiger partial charge is 0.309 e. The third kappa shape index (κ3) is 3.70. The predicted molar refractivity (Wildman–Crippen MR) is 79.5 cm³/mol. The quantitative estimate of drug-likeness (QED) is 0.668. The van der Waals surface area contributed by atoms with Crippen LogP contribution in [0.3, 0.4) is 0 Å². The van der Waals surface area contributed by atoms with Gasteiger partial charge >= 0.3 is 5.69 Å². The maximum absolute atomic E-state index is 13.5. The van der Waals surface area contributed by atoms with E-state index in [4.69, 9.17) is 0 Å². The van der Waals surface area contributed by atoms with Crippen LogP contribution in [0.25, 0.3) is 0 Å². The number of rotatable bonds is 5. The van der Waals surface area contributed by atoms with Crippen molar-refractivity contribution in [1.29, 1.82) is 0 Å². The van der Waals surface area contributed by atoms with Crippen LogP contribution in [-0.2, 0) is 6.54 Å². The monoisotopic (exact) mass is 298 g/mol. The van der Waals surface area contributed by atoms with Crippen LogP contribution in [0.4, 0.5) is 10.1 Å². The second-order valence-electron chi connectivity index (χ2n) is 5.09. The van der Waals surface area contributed by atoms with Gasteiger partial charge in [0.25, 0.3) is 0 Å². The number of hydrogen-bond acceptors (Lipinski definition) is 4. The van der Waals surface area contributed by atoms with Gasteiger partial charge in [-0.05, 0) is 30.7 Å². The molecule has 0 aliphatic heterocycles. The van der Waals surface area contributed by atoms with Crippen molar-refractivity contribution in [3.63, 3.8) is 0 Å². The van der Waals surface area contributed by atoms with Gasteiger partial charge in [0, 0.05) is 23.9 Å². The summed E-state index contributed by atoms with van der Waals surface area (Å²) in [6.45, 7) is 0.552. The molecule has 110 valence electrons. The molecule has 1 aliphatic rings. The average Bonchev–Trinajstić information content (AvgIpc) is 2.45. The van der Waals surface area contributed by atoms with Crippen molar-refractivity contribution in [1.82, 2.24) is 5.32 Å². The molecule has 2 rings (SSSR count). The summed E-state index contributed by atoms with van der Waals surface area (Å²) in [7, 11) is 0. The highest BCUT2D eigenvalue weighted by Crippen LogP contribution is 2.27. The number of nitro groups is 1. The molecule has 1 aromatic carbocycles. The van der Waals surface area contributed by atoms with Gasteiger partial charge in [0.2, 0.25) is 5.82 Å². The number of benzene rings is 1. The number of nitrogens with one attached hydrogen (secondary N) is 1. The molecule has 0 spiro atoms. The highest BCUT2D eigenvalue weighted by Gasteiger charge is 2.23. The van der Waals surface area contributed by atoms with Crippen LogP contribution >= 0.6 is 11.8 Å². The molecule has 2 unspecified atom stereocenters. The molecule has 0 bridgehead atoms. The Hall–Kier alpha value is -1.14. The van der Waals surface area contributed by atoms with Crippen molar-refractivity contribution in [2.45, 2.75) is 43.5 Å². The molecule has 2 atom stereocenters. The van der Waals surface area contributed by atoms with Crippen molar-refractivity contribution in [3.05, 3.63) is 39.7 Å². The fourth-order valence-corrected chi connectivity index (χ4v) is 3.63. The van der Waals surface area contributed by atoms with E-state index in [1.54, 1.807) is 6.07 Å². The average molecular weight is 298 g/mol. The zero-order valence-electron chi connectivity index (χ0n) is 11.5. The molecule has 0 saturated heterocycles. The van der Waals surface area contributed by atoms with E-state index in [1.165, 1.54) is 31.4 Å². The number of halogens is 1. The topological polar surface area (TPSA) is 55.2 Å². The third-order valence-corrected chi connectivity index (χ3v) is 4.95. The van der Waals surface area contributed by atoms with Gasteiger partial charge in [-0.15, -0.1) is 0 Å². The molecule has 20 heavy (non-hydrogen) atoms. The van der Waals surface area contributed by atoms with E-state index in [9.17, 15) is 14.5 Å². The molecule has 1 saturated carbocycles. The maximum atomic E-state index is 13.5. The van der Waals surface area contributed by atoms with E-state index in [2.05, 4.69) is 11.6 Å². The highest BCUT2D eigenvalue weighted by molar-refractivity contribution is 7.99. The summed E-state index contributed by atoms with van der Waals surface area (Å²) in [6, 6.07) is 4.55. The van der Waals surface area contributed by atoms with E-state index >= 15 is 0 Å². The van der Waals surface area contributed by atoms with E-state index in [1.807, 2.05) is 11.8 Å². The Morgan fingerprint density at radius 3 is 2.85 bits per heavy atom. The van der Waals surface area contributed by atoms with Gasteiger partial charge in [0.05, 0.1) is 4.92 Å². The Bertz CT molecular complexity index is 484. The highest BCUT2D eigenvalue weighted by atomic mass is 32.2. The van der Waals surface area contributed by atoms with Crippen LogP contribution in [0.5, 0.6) is 0 Å². The summed E-state index contributed by atoms with van der Waals surface area (Å²) < 4.78 is 13.5. The van der Waals surface area contributed by atoms with E-state index < -0.39 is 16.4 Å². The van der Waals surface area contributed by atoms with Crippen molar-refractivity contribution in [2.75, 3.05) is 6.26 Å². The first kappa shape index (κ1) is 15.3. The van der Waals surface area contributed by atoms with Gasteiger partial charge in [0.1, 0.15) is 0 Å². The molecule has 0 heterocycles. The van der Waals surface area contributed by atoms with E-state index in [0.29, 0.717) is 17.8 Å². The van der Waals surface area contributed by atoms with Gasteiger partial charge in [-0.3, -0.25) is 10.1 Å². The van der Waals surface area contributed by atoms with Crippen molar-refractivity contribution in [3.8, 4) is 0 Å². The lowest BCUT2D eigenvalue weighted by molar-refractivity contribution is -0.387. The number of hydrogen-bond donors (Lipinski definition) is 1. The summed E-state index contributed by atoms with van der Waals surface area (Å²) >= 11 is 1.87. The molecular formula is C14H19FN2O2S. The Kier molecular flexibility index (Phi) is 5.37. The molecule has 0 aromatic heterocycles. The summed E-state index contributed by atoms with van der Waals surface area (Å²) in [4.78, 5) is 9.87. The first-order valence-electron chi connectivity index (χ1n) is 6.81. The molecule has 1 fully saturated rings. The minimum atomic E-state index is -0.764. The SMILES string of the molecule is CSC1CCCCC1NCc1ccc([N+](=O)[O-])c(F)c1. The minimum Gasteiger partial charge on any atom is -0.309 e. The van der Waals surface area contributed by atoms with Crippen molar-refractivity contribution in [2.24, 2.45) is 0 Å². The molecule has 4 nitrogen and oxygen atoms in total. The van der Waals surface area contributed by atoms with Gasteiger partial charge < -0.3 is 5.32 Å². The van der Waals surface area contributed by atoms with Crippen molar-refractivity contribution >= 4 is 17.4 Å². The molecule has 0 radical (unpaired) electrons. The number of nitrogens with zero attached hydrogens (tertiary/aromatic N) is 1. The lowest BCUT2D eigenvalue weighted by Gasteiger charge is -2.31. The Morgan fingerprint density at radius 1 is 1.45 bits per heavy atom. The zero-order chi connectivity index (χ0) is 14.5.